The normalized spacial score (nSPS) is 36.4. The van der Waals surface area contributed by atoms with E-state index in [0.717, 1.165) is 42.7 Å². The van der Waals surface area contributed by atoms with Crippen LogP contribution in [0.4, 0.5) is 4.39 Å². The molecule has 2 heterocycles. The van der Waals surface area contributed by atoms with Crippen molar-refractivity contribution in [2.45, 2.75) is 50.2 Å². The standard InChI is InChI=1S/C24H26FN3O/c25-19-6-2-1-5-18(19)22-26-21(20-7-3-4-8-28(20)22)23(29)27-24-12-15-9-16(13-24)11-17(10-15)14-24/h1-8,15-17,22,26H,9-14H2,(H,27,29). The Balaban J connectivity index is 1.29. The first-order valence-corrected chi connectivity index (χ1v) is 10.8. The number of carbonyl (C=O) groups excluding carboxylic acids is 1. The molecule has 0 saturated heterocycles. The van der Waals surface area contributed by atoms with Crippen LogP contribution in [0, 0.1) is 23.6 Å². The third-order valence-corrected chi connectivity index (χ3v) is 7.55. The minimum Gasteiger partial charge on any atom is -0.355 e. The van der Waals surface area contributed by atoms with Crippen molar-refractivity contribution in [1.29, 1.82) is 0 Å². The van der Waals surface area contributed by atoms with Crippen molar-refractivity contribution in [3.05, 3.63) is 71.5 Å². The molecule has 0 radical (unpaired) electrons. The van der Waals surface area contributed by atoms with Crippen molar-refractivity contribution in [3.8, 4) is 0 Å². The topological polar surface area (TPSA) is 44.4 Å². The lowest BCUT2D eigenvalue weighted by Crippen LogP contribution is -2.60. The van der Waals surface area contributed by atoms with Crippen LogP contribution in [0.15, 0.2) is 60.1 Å². The summed E-state index contributed by atoms with van der Waals surface area (Å²) >= 11 is 0. The molecule has 1 aromatic carbocycles. The number of halogens is 1. The average Bonchev–Trinajstić information content (AvgIpc) is 3.07. The van der Waals surface area contributed by atoms with Crippen molar-refractivity contribution < 1.29 is 9.18 Å². The van der Waals surface area contributed by atoms with Gasteiger partial charge in [0.15, 0.2) is 0 Å². The highest BCUT2D eigenvalue weighted by Crippen LogP contribution is 2.55. The lowest BCUT2D eigenvalue weighted by atomic mass is 9.53. The molecule has 4 bridgehead atoms. The predicted octanol–water partition coefficient (Wildman–Crippen LogP) is 4.11. The van der Waals surface area contributed by atoms with E-state index in [1.807, 2.05) is 35.4 Å². The third kappa shape index (κ3) is 2.74. The molecule has 1 aromatic rings. The maximum Gasteiger partial charge on any atom is 0.270 e. The van der Waals surface area contributed by atoms with Gasteiger partial charge in [0.25, 0.3) is 5.91 Å². The molecule has 1 atom stereocenters. The summed E-state index contributed by atoms with van der Waals surface area (Å²) in [7, 11) is 0. The van der Waals surface area contributed by atoms with Crippen molar-refractivity contribution in [1.82, 2.24) is 15.5 Å². The van der Waals surface area contributed by atoms with Gasteiger partial charge in [0.1, 0.15) is 17.7 Å². The second kappa shape index (κ2) is 6.22. The summed E-state index contributed by atoms with van der Waals surface area (Å²) in [6, 6.07) is 6.76. The summed E-state index contributed by atoms with van der Waals surface area (Å²) in [5.41, 5.74) is 1.86. The molecule has 4 fully saturated rings. The highest BCUT2D eigenvalue weighted by Gasteiger charge is 2.52. The summed E-state index contributed by atoms with van der Waals surface area (Å²) in [6.07, 6.45) is 14.6. The SMILES string of the molecule is O=C(NC12CC3CC(CC(C3)C1)C2)C1=C2C=CC=CN2C(c2ccccc2F)N1. The Morgan fingerprint density at radius 1 is 1.07 bits per heavy atom. The lowest BCUT2D eigenvalue weighted by Gasteiger charge is -2.56. The molecule has 5 heteroatoms. The molecule has 0 aromatic heterocycles. The highest BCUT2D eigenvalue weighted by atomic mass is 19.1. The van der Waals surface area contributed by atoms with E-state index < -0.39 is 6.17 Å². The van der Waals surface area contributed by atoms with Crippen LogP contribution in [-0.2, 0) is 4.79 Å². The highest BCUT2D eigenvalue weighted by molar-refractivity contribution is 5.95. The quantitative estimate of drug-likeness (QED) is 0.815. The minimum absolute atomic E-state index is 0.0454. The van der Waals surface area contributed by atoms with Gasteiger partial charge in [-0.15, -0.1) is 0 Å². The van der Waals surface area contributed by atoms with E-state index >= 15 is 0 Å². The summed E-state index contributed by atoms with van der Waals surface area (Å²) in [5.74, 6) is 2.00. The molecular formula is C24H26FN3O. The second-order valence-corrected chi connectivity index (χ2v) is 9.59. The molecular weight excluding hydrogens is 365 g/mol. The van der Waals surface area contributed by atoms with Gasteiger partial charge in [-0.25, -0.2) is 4.39 Å². The monoisotopic (exact) mass is 391 g/mol. The number of rotatable bonds is 3. The van der Waals surface area contributed by atoms with Crippen molar-refractivity contribution in [2.24, 2.45) is 17.8 Å². The summed E-state index contributed by atoms with van der Waals surface area (Å²) in [5, 5.41) is 6.77. The molecule has 1 unspecified atom stereocenters. The molecule has 4 nitrogen and oxygen atoms in total. The first-order valence-electron chi connectivity index (χ1n) is 10.8. The molecule has 150 valence electrons. The number of nitrogens with zero attached hydrogens (tertiary/aromatic N) is 1. The van der Waals surface area contributed by atoms with E-state index in [-0.39, 0.29) is 17.3 Å². The number of carbonyl (C=O) groups is 1. The first kappa shape index (κ1) is 17.3. The van der Waals surface area contributed by atoms with Crippen LogP contribution < -0.4 is 10.6 Å². The Morgan fingerprint density at radius 2 is 1.76 bits per heavy atom. The summed E-state index contributed by atoms with van der Waals surface area (Å²) in [4.78, 5) is 15.4. The van der Waals surface area contributed by atoms with Crippen LogP contribution in [-0.4, -0.2) is 16.3 Å². The summed E-state index contributed by atoms with van der Waals surface area (Å²) < 4.78 is 14.5. The maximum atomic E-state index is 14.5. The zero-order valence-electron chi connectivity index (χ0n) is 16.4. The molecule has 4 saturated carbocycles. The number of hydrogen-bond donors (Lipinski definition) is 2. The maximum absolute atomic E-state index is 14.5. The van der Waals surface area contributed by atoms with E-state index in [1.165, 1.54) is 25.3 Å². The van der Waals surface area contributed by atoms with Crippen LogP contribution in [0.3, 0.4) is 0 Å². The van der Waals surface area contributed by atoms with Crippen LogP contribution in [0.2, 0.25) is 0 Å². The largest absolute Gasteiger partial charge is 0.355 e. The fourth-order valence-corrected chi connectivity index (χ4v) is 6.85. The minimum atomic E-state index is -0.412. The van der Waals surface area contributed by atoms with Gasteiger partial charge in [0.2, 0.25) is 0 Å². The molecule has 7 rings (SSSR count). The fourth-order valence-electron chi connectivity index (χ4n) is 6.85. The number of allylic oxidation sites excluding steroid dienone is 3. The van der Waals surface area contributed by atoms with Crippen LogP contribution in [0.1, 0.15) is 50.3 Å². The lowest BCUT2D eigenvalue weighted by molar-refractivity contribution is -0.123. The Morgan fingerprint density at radius 3 is 2.45 bits per heavy atom. The summed E-state index contributed by atoms with van der Waals surface area (Å²) in [6.45, 7) is 0. The Bertz CT molecular complexity index is 927. The molecule has 2 aliphatic heterocycles. The molecule has 4 aliphatic carbocycles. The van der Waals surface area contributed by atoms with Crippen molar-refractivity contribution in [2.75, 3.05) is 0 Å². The van der Waals surface area contributed by atoms with E-state index in [0.29, 0.717) is 11.3 Å². The molecule has 29 heavy (non-hydrogen) atoms. The van der Waals surface area contributed by atoms with Gasteiger partial charge in [-0.05, 0) is 74.5 Å². The first-order chi connectivity index (χ1) is 14.1. The van der Waals surface area contributed by atoms with Crippen LogP contribution in [0.25, 0.3) is 0 Å². The Labute approximate surface area is 170 Å². The van der Waals surface area contributed by atoms with Gasteiger partial charge in [0.05, 0.1) is 5.70 Å². The Kier molecular flexibility index (Phi) is 3.71. The van der Waals surface area contributed by atoms with Gasteiger partial charge in [0, 0.05) is 17.3 Å². The molecule has 2 N–H and O–H groups in total. The van der Waals surface area contributed by atoms with Gasteiger partial charge in [-0.3, -0.25) is 4.79 Å². The molecule has 0 spiro atoms. The van der Waals surface area contributed by atoms with Gasteiger partial charge in [-0.1, -0.05) is 24.3 Å². The van der Waals surface area contributed by atoms with Crippen LogP contribution in [0.5, 0.6) is 0 Å². The number of nitrogens with one attached hydrogen (secondary N) is 2. The second-order valence-electron chi connectivity index (χ2n) is 9.59. The van der Waals surface area contributed by atoms with Gasteiger partial charge in [-0.2, -0.15) is 0 Å². The zero-order valence-corrected chi connectivity index (χ0v) is 16.4. The molecule has 1 amide bonds. The zero-order chi connectivity index (χ0) is 19.6. The smallest absolute Gasteiger partial charge is 0.270 e. The molecule has 6 aliphatic rings. The van der Waals surface area contributed by atoms with Crippen molar-refractivity contribution in [3.63, 3.8) is 0 Å². The fraction of sp³-hybridized carbons (Fsp3) is 0.458. The average molecular weight is 391 g/mol. The van der Waals surface area contributed by atoms with E-state index in [2.05, 4.69) is 10.6 Å². The number of benzene rings is 1. The Hall–Kier alpha value is -2.56. The van der Waals surface area contributed by atoms with E-state index in [9.17, 15) is 9.18 Å². The predicted molar refractivity (Wildman–Crippen MR) is 108 cm³/mol. The van der Waals surface area contributed by atoms with Gasteiger partial charge >= 0.3 is 0 Å². The van der Waals surface area contributed by atoms with E-state index in [4.69, 9.17) is 0 Å². The number of hydrogen-bond acceptors (Lipinski definition) is 3. The third-order valence-electron chi connectivity index (χ3n) is 7.55. The van der Waals surface area contributed by atoms with E-state index in [1.54, 1.807) is 12.1 Å². The van der Waals surface area contributed by atoms with Gasteiger partial charge < -0.3 is 15.5 Å². The van der Waals surface area contributed by atoms with Crippen molar-refractivity contribution >= 4 is 5.91 Å². The number of amides is 1. The number of fused-ring (bicyclic) bond motifs is 1. The van der Waals surface area contributed by atoms with Crippen LogP contribution >= 0.6 is 0 Å².